The normalized spacial score (nSPS) is 16.0. The Hall–Kier alpha value is -2.21. The molecule has 0 bridgehead atoms. The number of carbonyl (C=O) groups is 1. The summed E-state index contributed by atoms with van der Waals surface area (Å²) in [7, 11) is 0. The molecule has 27 heavy (non-hydrogen) atoms. The van der Waals surface area contributed by atoms with Crippen LogP contribution in [0.15, 0.2) is 28.8 Å². The molecule has 0 spiro atoms. The number of hydrogen-bond acceptors (Lipinski definition) is 5. The van der Waals surface area contributed by atoms with E-state index in [0.29, 0.717) is 24.6 Å². The number of nitrogens with zero attached hydrogens (tertiary/aromatic N) is 3. The number of fused-ring (bicyclic) bond motifs is 1. The van der Waals surface area contributed by atoms with Crippen molar-refractivity contribution in [3.8, 4) is 0 Å². The highest BCUT2D eigenvalue weighted by Gasteiger charge is 2.29. The molecular weight excluding hydrogens is 340 g/mol. The molecule has 1 aliphatic heterocycles. The van der Waals surface area contributed by atoms with E-state index in [1.165, 1.54) is 11.1 Å². The van der Waals surface area contributed by atoms with Crippen molar-refractivity contribution in [2.45, 2.75) is 59.5 Å². The molecule has 0 saturated heterocycles. The molecule has 0 aliphatic carbocycles. The maximum atomic E-state index is 12.5. The Morgan fingerprint density at radius 2 is 2.04 bits per heavy atom. The van der Waals surface area contributed by atoms with Gasteiger partial charge in [0.1, 0.15) is 0 Å². The molecule has 2 aromatic rings. The second-order valence-electron chi connectivity index (χ2n) is 8.48. The number of aromatic nitrogens is 2. The summed E-state index contributed by atoms with van der Waals surface area (Å²) < 4.78 is 5.09. The van der Waals surface area contributed by atoms with E-state index in [1.807, 2.05) is 0 Å². The lowest BCUT2D eigenvalue weighted by molar-refractivity contribution is -0.122. The molecule has 0 fully saturated rings. The summed E-state index contributed by atoms with van der Waals surface area (Å²) in [6, 6.07) is 8.72. The van der Waals surface area contributed by atoms with Crippen molar-refractivity contribution < 1.29 is 9.32 Å². The third-order valence-corrected chi connectivity index (χ3v) is 5.17. The van der Waals surface area contributed by atoms with Crippen LogP contribution in [-0.4, -0.2) is 40.1 Å². The maximum absolute atomic E-state index is 12.5. The molecule has 6 nitrogen and oxygen atoms in total. The van der Waals surface area contributed by atoms with Gasteiger partial charge in [-0.1, -0.05) is 50.2 Å². The number of carbonyl (C=O) groups excluding carboxylic acids is 1. The lowest BCUT2D eigenvalue weighted by Crippen LogP contribution is -2.51. The van der Waals surface area contributed by atoms with Crippen LogP contribution in [-0.2, 0) is 24.2 Å². The van der Waals surface area contributed by atoms with E-state index in [9.17, 15) is 4.79 Å². The summed E-state index contributed by atoms with van der Waals surface area (Å²) in [5, 5.41) is 7.00. The third-order valence-electron chi connectivity index (χ3n) is 5.17. The van der Waals surface area contributed by atoms with E-state index in [-0.39, 0.29) is 17.4 Å². The Bertz CT molecular complexity index is 778. The highest BCUT2D eigenvalue weighted by atomic mass is 16.5. The van der Waals surface area contributed by atoms with Crippen LogP contribution in [0.4, 0.5) is 0 Å². The van der Waals surface area contributed by atoms with Gasteiger partial charge in [-0.2, -0.15) is 4.98 Å². The lowest BCUT2D eigenvalue weighted by atomic mass is 9.85. The zero-order valence-corrected chi connectivity index (χ0v) is 16.8. The number of rotatable bonds is 6. The average molecular weight is 370 g/mol. The number of amides is 1. The Morgan fingerprint density at radius 3 is 2.70 bits per heavy atom. The van der Waals surface area contributed by atoms with Crippen molar-refractivity contribution in [3.05, 3.63) is 47.1 Å². The molecule has 1 aromatic carbocycles. The van der Waals surface area contributed by atoms with Gasteiger partial charge in [-0.05, 0) is 29.9 Å². The molecule has 0 saturated carbocycles. The van der Waals surface area contributed by atoms with Crippen LogP contribution < -0.4 is 5.32 Å². The molecule has 1 atom stereocenters. The summed E-state index contributed by atoms with van der Waals surface area (Å²) in [6.45, 7) is 11.1. The van der Waals surface area contributed by atoms with Gasteiger partial charge in [-0.3, -0.25) is 9.69 Å². The van der Waals surface area contributed by atoms with Gasteiger partial charge in [0.2, 0.25) is 11.8 Å². The first kappa shape index (κ1) is 19.5. The number of benzene rings is 1. The minimum Gasteiger partial charge on any atom is -0.352 e. The molecule has 1 aromatic heterocycles. The van der Waals surface area contributed by atoms with Gasteiger partial charge in [0, 0.05) is 38.5 Å². The minimum atomic E-state index is -0.0201. The van der Waals surface area contributed by atoms with Crippen LogP contribution in [0.3, 0.4) is 0 Å². The van der Waals surface area contributed by atoms with Crippen molar-refractivity contribution in [1.29, 1.82) is 0 Å². The second-order valence-corrected chi connectivity index (χ2v) is 8.48. The Balaban J connectivity index is 1.57. The first-order valence-electron chi connectivity index (χ1n) is 9.69. The lowest BCUT2D eigenvalue weighted by Gasteiger charge is -2.38. The smallest absolute Gasteiger partial charge is 0.227 e. The largest absolute Gasteiger partial charge is 0.352 e. The van der Waals surface area contributed by atoms with Crippen LogP contribution in [0.25, 0.3) is 0 Å². The first-order valence-corrected chi connectivity index (χ1v) is 9.69. The fraction of sp³-hybridized carbons (Fsp3) is 0.571. The van der Waals surface area contributed by atoms with Crippen LogP contribution in [0.1, 0.15) is 50.0 Å². The van der Waals surface area contributed by atoms with E-state index in [1.54, 1.807) is 6.92 Å². The summed E-state index contributed by atoms with van der Waals surface area (Å²) in [4.78, 5) is 19.1. The maximum Gasteiger partial charge on any atom is 0.227 e. The SMILES string of the molecule is Cc1noc(CCC(=O)NC(CN2CCc3ccccc3C2)C(C)(C)C)n1. The highest BCUT2D eigenvalue weighted by Crippen LogP contribution is 2.24. The molecule has 1 N–H and O–H groups in total. The van der Waals surface area contributed by atoms with Crippen LogP contribution >= 0.6 is 0 Å². The summed E-state index contributed by atoms with van der Waals surface area (Å²) in [5.41, 5.74) is 2.82. The standard InChI is InChI=1S/C21H30N4O2/c1-15-22-20(27-24-15)10-9-19(26)23-18(21(2,3)4)14-25-12-11-16-7-5-6-8-17(16)13-25/h5-8,18H,9-14H2,1-4H3,(H,23,26). The molecule has 2 heterocycles. The topological polar surface area (TPSA) is 71.3 Å². The summed E-state index contributed by atoms with van der Waals surface area (Å²) in [6.07, 6.45) is 1.90. The first-order chi connectivity index (χ1) is 12.8. The molecule has 3 rings (SSSR count). The number of hydrogen-bond donors (Lipinski definition) is 1. The van der Waals surface area contributed by atoms with Crippen molar-refractivity contribution in [2.75, 3.05) is 13.1 Å². The predicted octanol–water partition coefficient (Wildman–Crippen LogP) is 2.90. The molecule has 1 amide bonds. The third kappa shape index (κ3) is 5.39. The number of nitrogens with one attached hydrogen (secondary N) is 1. The van der Waals surface area contributed by atoms with Gasteiger partial charge in [0.15, 0.2) is 5.82 Å². The Morgan fingerprint density at radius 1 is 1.30 bits per heavy atom. The van der Waals surface area contributed by atoms with Crippen LogP contribution in [0.2, 0.25) is 0 Å². The second kappa shape index (κ2) is 8.21. The van der Waals surface area contributed by atoms with Gasteiger partial charge >= 0.3 is 0 Å². The van der Waals surface area contributed by atoms with Gasteiger partial charge in [-0.15, -0.1) is 0 Å². The average Bonchev–Trinajstić information content (AvgIpc) is 3.04. The van der Waals surface area contributed by atoms with Crippen LogP contribution in [0.5, 0.6) is 0 Å². The van der Waals surface area contributed by atoms with E-state index in [4.69, 9.17) is 4.52 Å². The predicted molar refractivity (Wildman–Crippen MR) is 104 cm³/mol. The molecule has 146 valence electrons. The van der Waals surface area contributed by atoms with Crippen molar-refractivity contribution in [3.63, 3.8) is 0 Å². The van der Waals surface area contributed by atoms with E-state index < -0.39 is 0 Å². The van der Waals surface area contributed by atoms with Gasteiger partial charge < -0.3 is 9.84 Å². The van der Waals surface area contributed by atoms with Gasteiger partial charge in [0.05, 0.1) is 0 Å². The fourth-order valence-electron chi connectivity index (χ4n) is 3.43. The number of aryl methyl sites for hydroxylation is 2. The highest BCUT2D eigenvalue weighted by molar-refractivity contribution is 5.76. The Kier molecular flexibility index (Phi) is 5.95. The fourth-order valence-corrected chi connectivity index (χ4v) is 3.43. The Labute approximate surface area is 161 Å². The van der Waals surface area contributed by atoms with Crippen molar-refractivity contribution in [1.82, 2.24) is 20.4 Å². The van der Waals surface area contributed by atoms with Gasteiger partial charge in [-0.25, -0.2) is 0 Å². The van der Waals surface area contributed by atoms with Crippen LogP contribution in [0, 0.1) is 12.3 Å². The quantitative estimate of drug-likeness (QED) is 0.847. The summed E-state index contributed by atoms with van der Waals surface area (Å²) in [5.74, 6) is 1.15. The monoisotopic (exact) mass is 370 g/mol. The molecular formula is C21H30N4O2. The van der Waals surface area contributed by atoms with E-state index in [2.05, 4.69) is 65.4 Å². The van der Waals surface area contributed by atoms with Gasteiger partial charge in [0.25, 0.3) is 0 Å². The molecule has 6 heteroatoms. The van der Waals surface area contributed by atoms with E-state index >= 15 is 0 Å². The summed E-state index contributed by atoms with van der Waals surface area (Å²) >= 11 is 0. The molecule has 0 radical (unpaired) electrons. The minimum absolute atomic E-state index is 0.0201. The molecule has 1 aliphatic rings. The van der Waals surface area contributed by atoms with Crippen molar-refractivity contribution in [2.24, 2.45) is 5.41 Å². The zero-order valence-electron chi connectivity index (χ0n) is 16.8. The molecule has 1 unspecified atom stereocenters. The van der Waals surface area contributed by atoms with E-state index in [0.717, 1.165) is 26.1 Å². The van der Waals surface area contributed by atoms with Crippen molar-refractivity contribution >= 4 is 5.91 Å². The zero-order chi connectivity index (χ0) is 19.4.